The molecule has 1 aliphatic rings. The van der Waals surface area contributed by atoms with Crippen LogP contribution in [0.5, 0.6) is 17.2 Å². The molecular weight excluding hydrogens is 442 g/mol. The van der Waals surface area contributed by atoms with Gasteiger partial charge in [-0.05, 0) is 55.3 Å². The number of ether oxygens (including phenoxy) is 3. The van der Waals surface area contributed by atoms with Crippen LogP contribution >= 0.6 is 0 Å². The maximum atomic E-state index is 13.2. The summed E-state index contributed by atoms with van der Waals surface area (Å²) < 4.78 is 19.0. The lowest BCUT2D eigenvalue weighted by atomic mass is 10.0. The van der Waals surface area contributed by atoms with Gasteiger partial charge in [0.2, 0.25) is 5.78 Å². The SMILES string of the molecule is CCn1cc(/C=C2\Oc3cc(OC(=O)Cc4ccccc4)cc(C)c3C2=O)c2cc(OC)ccc21. The third-order valence-electron chi connectivity index (χ3n) is 6.11. The number of fused-ring (bicyclic) bond motifs is 2. The minimum Gasteiger partial charge on any atom is -0.497 e. The highest BCUT2D eigenvalue weighted by molar-refractivity contribution is 6.16. The molecule has 0 saturated heterocycles. The zero-order chi connectivity index (χ0) is 24.5. The number of esters is 1. The first-order chi connectivity index (χ1) is 17.0. The lowest BCUT2D eigenvalue weighted by Crippen LogP contribution is -2.11. The van der Waals surface area contributed by atoms with E-state index in [1.165, 1.54) is 0 Å². The number of nitrogens with zero attached hydrogens (tertiary/aromatic N) is 1. The Kier molecular flexibility index (Phi) is 5.87. The van der Waals surface area contributed by atoms with Crippen molar-refractivity contribution in [3.8, 4) is 17.2 Å². The van der Waals surface area contributed by atoms with E-state index in [2.05, 4.69) is 11.5 Å². The van der Waals surface area contributed by atoms with Crippen molar-refractivity contribution < 1.29 is 23.8 Å². The van der Waals surface area contributed by atoms with Crippen LogP contribution in [-0.2, 0) is 17.8 Å². The number of rotatable bonds is 6. The van der Waals surface area contributed by atoms with Gasteiger partial charge in [-0.15, -0.1) is 0 Å². The molecule has 35 heavy (non-hydrogen) atoms. The number of aryl methyl sites for hydroxylation is 2. The number of carbonyl (C=O) groups excluding carboxylic acids is 2. The van der Waals surface area contributed by atoms with Gasteiger partial charge in [-0.3, -0.25) is 9.59 Å². The van der Waals surface area contributed by atoms with Crippen LogP contribution in [-0.4, -0.2) is 23.4 Å². The molecule has 5 rings (SSSR count). The van der Waals surface area contributed by atoms with Gasteiger partial charge in [0.05, 0.1) is 19.1 Å². The molecule has 3 aromatic carbocycles. The van der Waals surface area contributed by atoms with E-state index in [1.807, 2.05) is 61.7 Å². The topological polar surface area (TPSA) is 66.8 Å². The van der Waals surface area contributed by atoms with E-state index in [0.29, 0.717) is 22.6 Å². The number of aromatic nitrogens is 1. The number of benzene rings is 3. The number of carbonyl (C=O) groups is 2. The third kappa shape index (κ3) is 4.30. The van der Waals surface area contributed by atoms with Gasteiger partial charge in [-0.2, -0.15) is 0 Å². The number of methoxy groups -OCH3 is 1. The predicted molar refractivity (Wildman–Crippen MR) is 134 cm³/mol. The second-order valence-electron chi connectivity index (χ2n) is 8.44. The first kappa shape index (κ1) is 22.5. The minimum absolute atomic E-state index is 0.160. The standard InChI is InChI=1S/C29H25NO5/c1-4-30-17-20(23-15-21(33-3)10-11-24(23)30)14-26-29(32)28-18(2)12-22(16-25(28)35-26)34-27(31)13-19-8-6-5-7-9-19/h5-12,14-17H,4,13H2,1-3H3/b26-14-. The van der Waals surface area contributed by atoms with Crippen LogP contribution in [0.2, 0.25) is 0 Å². The first-order valence-electron chi connectivity index (χ1n) is 11.5. The largest absolute Gasteiger partial charge is 0.497 e. The van der Waals surface area contributed by atoms with Gasteiger partial charge in [0.25, 0.3) is 0 Å². The second kappa shape index (κ2) is 9.14. The van der Waals surface area contributed by atoms with Crippen LogP contribution in [0.4, 0.5) is 0 Å². The Hall–Kier alpha value is -4.32. The normalized spacial score (nSPS) is 13.7. The summed E-state index contributed by atoms with van der Waals surface area (Å²) in [5.41, 5.74) is 3.96. The van der Waals surface area contributed by atoms with Crippen LogP contribution in [0, 0.1) is 6.92 Å². The summed E-state index contributed by atoms with van der Waals surface area (Å²) >= 11 is 0. The molecule has 1 aromatic heterocycles. The van der Waals surface area contributed by atoms with Gasteiger partial charge < -0.3 is 18.8 Å². The molecule has 4 aromatic rings. The van der Waals surface area contributed by atoms with Crippen molar-refractivity contribution in [1.82, 2.24) is 4.57 Å². The minimum atomic E-state index is -0.378. The van der Waals surface area contributed by atoms with Crippen LogP contribution in [0.25, 0.3) is 17.0 Å². The number of Topliss-reactive ketones (excluding diaryl/α,β-unsaturated/α-hetero) is 1. The summed E-state index contributed by atoms with van der Waals surface area (Å²) in [5.74, 6) is 1.14. The fourth-order valence-electron chi connectivity index (χ4n) is 4.42. The Bertz CT molecular complexity index is 1480. The number of hydrogen-bond donors (Lipinski definition) is 0. The molecule has 0 spiro atoms. The van der Waals surface area contributed by atoms with Crippen molar-refractivity contribution in [3.05, 3.63) is 94.9 Å². The van der Waals surface area contributed by atoms with Gasteiger partial charge in [0, 0.05) is 35.3 Å². The van der Waals surface area contributed by atoms with Crippen molar-refractivity contribution in [2.75, 3.05) is 7.11 Å². The molecule has 0 bridgehead atoms. The summed E-state index contributed by atoms with van der Waals surface area (Å²) in [6, 6.07) is 18.6. The van der Waals surface area contributed by atoms with Crippen LogP contribution in [0.3, 0.4) is 0 Å². The molecule has 0 saturated carbocycles. The molecule has 2 heterocycles. The zero-order valence-corrected chi connectivity index (χ0v) is 19.8. The van der Waals surface area contributed by atoms with Gasteiger partial charge in [-0.25, -0.2) is 0 Å². The van der Waals surface area contributed by atoms with E-state index in [1.54, 1.807) is 25.3 Å². The van der Waals surface area contributed by atoms with Gasteiger partial charge >= 0.3 is 5.97 Å². The maximum absolute atomic E-state index is 13.2. The van der Waals surface area contributed by atoms with E-state index in [9.17, 15) is 9.59 Å². The van der Waals surface area contributed by atoms with Crippen molar-refractivity contribution >= 4 is 28.7 Å². The number of allylic oxidation sites excluding steroid dienone is 1. The third-order valence-corrected chi connectivity index (χ3v) is 6.11. The van der Waals surface area contributed by atoms with E-state index in [4.69, 9.17) is 14.2 Å². The molecule has 0 amide bonds. The molecule has 1 aliphatic heterocycles. The Morgan fingerprint density at radius 2 is 1.86 bits per heavy atom. The highest BCUT2D eigenvalue weighted by atomic mass is 16.5. The van der Waals surface area contributed by atoms with Gasteiger partial charge in [0.15, 0.2) is 5.76 Å². The average molecular weight is 468 g/mol. The summed E-state index contributed by atoms with van der Waals surface area (Å²) in [7, 11) is 1.63. The van der Waals surface area contributed by atoms with Crippen LogP contribution < -0.4 is 14.2 Å². The van der Waals surface area contributed by atoms with E-state index >= 15 is 0 Å². The molecule has 6 heteroatoms. The van der Waals surface area contributed by atoms with Gasteiger partial charge in [-0.1, -0.05) is 30.3 Å². The lowest BCUT2D eigenvalue weighted by molar-refractivity contribution is -0.133. The summed E-state index contributed by atoms with van der Waals surface area (Å²) in [6.07, 6.45) is 3.92. The molecular formula is C29H25NO5. The van der Waals surface area contributed by atoms with E-state index in [-0.39, 0.29) is 23.9 Å². The average Bonchev–Trinajstić information content (AvgIpc) is 3.36. The quantitative estimate of drug-likeness (QED) is 0.205. The number of hydrogen-bond acceptors (Lipinski definition) is 5. The van der Waals surface area contributed by atoms with Crippen molar-refractivity contribution in [2.45, 2.75) is 26.8 Å². The highest BCUT2D eigenvalue weighted by Gasteiger charge is 2.30. The van der Waals surface area contributed by atoms with Crippen LogP contribution in [0.15, 0.2) is 72.6 Å². The first-order valence-corrected chi connectivity index (χ1v) is 11.5. The van der Waals surface area contributed by atoms with E-state index in [0.717, 1.165) is 34.3 Å². The molecule has 176 valence electrons. The summed E-state index contributed by atoms with van der Waals surface area (Å²) in [5, 5.41) is 0.971. The molecule has 0 unspecified atom stereocenters. The number of ketones is 1. The fraction of sp³-hybridized carbons (Fsp3) is 0.172. The van der Waals surface area contributed by atoms with Crippen molar-refractivity contribution in [2.24, 2.45) is 0 Å². The Labute approximate surface area is 203 Å². The molecule has 0 fully saturated rings. The molecule has 0 aliphatic carbocycles. The van der Waals surface area contributed by atoms with Gasteiger partial charge in [0.1, 0.15) is 17.2 Å². The van der Waals surface area contributed by atoms with Crippen molar-refractivity contribution in [1.29, 1.82) is 0 Å². The van der Waals surface area contributed by atoms with E-state index < -0.39 is 0 Å². The molecule has 0 atom stereocenters. The lowest BCUT2D eigenvalue weighted by Gasteiger charge is -2.08. The molecule has 0 N–H and O–H groups in total. The smallest absolute Gasteiger partial charge is 0.315 e. The Morgan fingerprint density at radius 3 is 2.60 bits per heavy atom. The second-order valence-corrected chi connectivity index (χ2v) is 8.44. The fourth-order valence-corrected chi connectivity index (χ4v) is 4.42. The maximum Gasteiger partial charge on any atom is 0.315 e. The monoisotopic (exact) mass is 467 g/mol. The highest BCUT2D eigenvalue weighted by Crippen LogP contribution is 2.38. The van der Waals surface area contributed by atoms with Crippen LogP contribution in [0.1, 0.15) is 34.0 Å². The Balaban J connectivity index is 1.43. The van der Waals surface area contributed by atoms with Crippen molar-refractivity contribution in [3.63, 3.8) is 0 Å². The summed E-state index contributed by atoms with van der Waals surface area (Å²) in [6.45, 7) is 4.67. The Morgan fingerprint density at radius 1 is 1.06 bits per heavy atom. The molecule has 6 nitrogen and oxygen atoms in total. The zero-order valence-electron chi connectivity index (χ0n) is 19.8. The summed E-state index contributed by atoms with van der Waals surface area (Å²) in [4.78, 5) is 25.6. The molecule has 0 radical (unpaired) electrons. The predicted octanol–water partition coefficient (Wildman–Crippen LogP) is 5.74.